The summed E-state index contributed by atoms with van der Waals surface area (Å²) >= 11 is 0. The van der Waals surface area contributed by atoms with Crippen LogP contribution in [0.4, 0.5) is 0 Å². The standard InChI is InChI=1S/C16H27NO/c1-13(2)18-15-9-7-6-8-14(15)12-17-11-10-16(3,4)5/h6-9,13,17H,10-12H2,1-5H3. The summed E-state index contributed by atoms with van der Waals surface area (Å²) in [5.74, 6) is 0.996. The summed E-state index contributed by atoms with van der Waals surface area (Å²) in [4.78, 5) is 0. The van der Waals surface area contributed by atoms with Crippen LogP contribution in [0.3, 0.4) is 0 Å². The smallest absolute Gasteiger partial charge is 0.124 e. The first-order chi connectivity index (χ1) is 8.38. The number of para-hydroxylation sites is 1. The Labute approximate surface area is 112 Å². The number of benzene rings is 1. The van der Waals surface area contributed by atoms with E-state index in [4.69, 9.17) is 4.74 Å². The van der Waals surface area contributed by atoms with Gasteiger partial charge in [-0.1, -0.05) is 39.0 Å². The van der Waals surface area contributed by atoms with Crippen LogP contribution in [-0.4, -0.2) is 12.6 Å². The van der Waals surface area contributed by atoms with E-state index in [1.165, 1.54) is 12.0 Å². The molecular weight excluding hydrogens is 222 g/mol. The van der Waals surface area contributed by atoms with Gasteiger partial charge in [0.1, 0.15) is 5.75 Å². The van der Waals surface area contributed by atoms with Crippen LogP contribution >= 0.6 is 0 Å². The van der Waals surface area contributed by atoms with Gasteiger partial charge in [-0.25, -0.2) is 0 Å². The maximum Gasteiger partial charge on any atom is 0.124 e. The fraction of sp³-hybridized carbons (Fsp3) is 0.625. The van der Waals surface area contributed by atoms with Gasteiger partial charge in [-0.05, 0) is 38.3 Å². The number of hydrogen-bond acceptors (Lipinski definition) is 2. The summed E-state index contributed by atoms with van der Waals surface area (Å²) in [6.07, 6.45) is 1.40. The first-order valence-corrected chi connectivity index (χ1v) is 6.84. The lowest BCUT2D eigenvalue weighted by molar-refractivity contribution is 0.239. The van der Waals surface area contributed by atoms with Crippen LogP contribution in [0, 0.1) is 5.41 Å². The molecule has 0 aliphatic carbocycles. The monoisotopic (exact) mass is 249 g/mol. The van der Waals surface area contributed by atoms with Gasteiger partial charge in [-0.3, -0.25) is 0 Å². The minimum atomic E-state index is 0.223. The van der Waals surface area contributed by atoms with Gasteiger partial charge < -0.3 is 10.1 Å². The third-order valence-electron chi connectivity index (χ3n) is 2.70. The molecule has 0 saturated heterocycles. The molecule has 0 aliphatic heterocycles. The van der Waals surface area contributed by atoms with Gasteiger partial charge in [-0.15, -0.1) is 0 Å². The zero-order chi connectivity index (χ0) is 13.6. The van der Waals surface area contributed by atoms with Crippen molar-refractivity contribution in [2.45, 2.75) is 53.7 Å². The van der Waals surface area contributed by atoms with E-state index in [2.05, 4.69) is 52.1 Å². The van der Waals surface area contributed by atoms with E-state index < -0.39 is 0 Å². The van der Waals surface area contributed by atoms with Crippen LogP contribution < -0.4 is 10.1 Å². The normalized spacial score (nSPS) is 11.9. The molecule has 0 fully saturated rings. The van der Waals surface area contributed by atoms with Crippen LogP contribution in [0.25, 0.3) is 0 Å². The van der Waals surface area contributed by atoms with Crippen molar-refractivity contribution in [3.8, 4) is 5.75 Å². The van der Waals surface area contributed by atoms with Crippen molar-refractivity contribution in [3.63, 3.8) is 0 Å². The lowest BCUT2D eigenvalue weighted by Gasteiger charge is -2.19. The SMILES string of the molecule is CC(C)Oc1ccccc1CNCCC(C)(C)C. The quantitative estimate of drug-likeness (QED) is 0.769. The zero-order valence-electron chi connectivity index (χ0n) is 12.4. The molecule has 0 aromatic heterocycles. The van der Waals surface area contributed by atoms with Crippen molar-refractivity contribution in [2.75, 3.05) is 6.54 Å². The maximum atomic E-state index is 5.80. The second kappa shape index (κ2) is 6.79. The van der Waals surface area contributed by atoms with E-state index in [0.717, 1.165) is 18.8 Å². The van der Waals surface area contributed by atoms with Gasteiger partial charge in [0.2, 0.25) is 0 Å². The molecule has 1 rings (SSSR count). The molecule has 1 N–H and O–H groups in total. The summed E-state index contributed by atoms with van der Waals surface area (Å²) in [5, 5.41) is 3.49. The van der Waals surface area contributed by atoms with Gasteiger partial charge in [0.15, 0.2) is 0 Å². The van der Waals surface area contributed by atoms with Crippen molar-refractivity contribution < 1.29 is 4.74 Å². The molecule has 0 aliphatic rings. The van der Waals surface area contributed by atoms with Crippen molar-refractivity contribution in [3.05, 3.63) is 29.8 Å². The van der Waals surface area contributed by atoms with Crippen LogP contribution in [0.15, 0.2) is 24.3 Å². The van der Waals surface area contributed by atoms with E-state index in [9.17, 15) is 0 Å². The minimum absolute atomic E-state index is 0.223. The Bertz CT molecular complexity index is 352. The zero-order valence-corrected chi connectivity index (χ0v) is 12.4. The fourth-order valence-corrected chi connectivity index (χ4v) is 1.71. The molecule has 0 bridgehead atoms. The highest BCUT2D eigenvalue weighted by molar-refractivity contribution is 5.33. The van der Waals surface area contributed by atoms with Gasteiger partial charge in [0.05, 0.1) is 6.10 Å². The van der Waals surface area contributed by atoms with E-state index in [0.29, 0.717) is 5.41 Å². The van der Waals surface area contributed by atoms with Gasteiger partial charge in [0.25, 0.3) is 0 Å². The third-order valence-corrected chi connectivity index (χ3v) is 2.70. The van der Waals surface area contributed by atoms with Crippen LogP contribution in [0.5, 0.6) is 5.75 Å². The highest BCUT2D eigenvalue weighted by Crippen LogP contribution is 2.20. The molecule has 0 unspecified atom stereocenters. The number of rotatable bonds is 6. The van der Waals surface area contributed by atoms with E-state index >= 15 is 0 Å². The Morgan fingerprint density at radius 2 is 1.83 bits per heavy atom. The Morgan fingerprint density at radius 3 is 2.44 bits per heavy atom. The Hall–Kier alpha value is -1.02. The highest BCUT2D eigenvalue weighted by atomic mass is 16.5. The maximum absolute atomic E-state index is 5.80. The van der Waals surface area contributed by atoms with Gasteiger partial charge in [-0.2, -0.15) is 0 Å². The lowest BCUT2D eigenvalue weighted by atomic mass is 9.92. The van der Waals surface area contributed by atoms with E-state index in [-0.39, 0.29) is 6.10 Å². The second-order valence-electron chi connectivity index (χ2n) is 6.26. The van der Waals surface area contributed by atoms with Crippen LogP contribution in [0.2, 0.25) is 0 Å². The number of ether oxygens (including phenoxy) is 1. The fourth-order valence-electron chi connectivity index (χ4n) is 1.71. The molecule has 0 radical (unpaired) electrons. The number of hydrogen-bond donors (Lipinski definition) is 1. The molecule has 0 spiro atoms. The lowest BCUT2D eigenvalue weighted by Crippen LogP contribution is -2.20. The minimum Gasteiger partial charge on any atom is -0.491 e. The summed E-state index contributed by atoms with van der Waals surface area (Å²) in [6.45, 7) is 12.8. The molecule has 1 aromatic carbocycles. The summed E-state index contributed by atoms with van der Waals surface area (Å²) in [6, 6.07) is 8.26. The van der Waals surface area contributed by atoms with E-state index in [1.54, 1.807) is 0 Å². The Balaban J connectivity index is 2.46. The largest absolute Gasteiger partial charge is 0.491 e. The summed E-state index contributed by atoms with van der Waals surface area (Å²) in [5.41, 5.74) is 1.63. The average molecular weight is 249 g/mol. The summed E-state index contributed by atoms with van der Waals surface area (Å²) in [7, 11) is 0. The van der Waals surface area contributed by atoms with Crippen molar-refractivity contribution in [1.29, 1.82) is 0 Å². The molecule has 18 heavy (non-hydrogen) atoms. The van der Waals surface area contributed by atoms with Crippen LogP contribution in [0.1, 0.15) is 46.6 Å². The predicted molar refractivity (Wildman–Crippen MR) is 78.0 cm³/mol. The van der Waals surface area contributed by atoms with Crippen molar-refractivity contribution in [2.24, 2.45) is 5.41 Å². The molecule has 0 saturated carbocycles. The average Bonchev–Trinajstić information content (AvgIpc) is 2.24. The molecule has 102 valence electrons. The third kappa shape index (κ3) is 6.06. The van der Waals surface area contributed by atoms with Crippen molar-refractivity contribution >= 4 is 0 Å². The Morgan fingerprint density at radius 1 is 1.17 bits per heavy atom. The Kier molecular flexibility index (Phi) is 5.67. The predicted octanol–water partition coefficient (Wildman–Crippen LogP) is 4.00. The molecule has 0 atom stereocenters. The number of nitrogens with one attached hydrogen (secondary N) is 1. The summed E-state index contributed by atoms with van der Waals surface area (Å²) < 4.78 is 5.80. The van der Waals surface area contributed by atoms with E-state index in [1.807, 2.05) is 12.1 Å². The topological polar surface area (TPSA) is 21.3 Å². The van der Waals surface area contributed by atoms with Crippen molar-refractivity contribution in [1.82, 2.24) is 5.32 Å². The first kappa shape index (κ1) is 15.0. The van der Waals surface area contributed by atoms with Gasteiger partial charge >= 0.3 is 0 Å². The highest BCUT2D eigenvalue weighted by Gasteiger charge is 2.09. The second-order valence-corrected chi connectivity index (χ2v) is 6.26. The molecule has 2 heteroatoms. The molecule has 0 amide bonds. The molecule has 0 heterocycles. The molecule has 1 aromatic rings. The molecule has 2 nitrogen and oxygen atoms in total. The first-order valence-electron chi connectivity index (χ1n) is 6.84. The van der Waals surface area contributed by atoms with Crippen LogP contribution in [-0.2, 0) is 6.54 Å². The molecular formula is C16H27NO. The van der Waals surface area contributed by atoms with Gasteiger partial charge in [0, 0.05) is 12.1 Å².